The average Bonchev–Trinajstić information content (AvgIpc) is 2.68. The van der Waals surface area contributed by atoms with Crippen molar-refractivity contribution in [2.45, 2.75) is 39.5 Å². The molecule has 2 aliphatic carbocycles. The summed E-state index contributed by atoms with van der Waals surface area (Å²) in [5, 5.41) is 38.3. The van der Waals surface area contributed by atoms with E-state index in [0.29, 0.717) is 28.5 Å². The molecule has 3 rings (SSSR count). The van der Waals surface area contributed by atoms with Crippen LogP contribution < -0.4 is 0 Å². The lowest BCUT2D eigenvalue weighted by Crippen LogP contribution is -2.49. The third kappa shape index (κ3) is 3.29. The molecular weight excluding hydrogens is 431 g/mol. The van der Waals surface area contributed by atoms with Crippen molar-refractivity contribution in [1.29, 1.82) is 21.2 Å². The lowest BCUT2D eigenvalue weighted by Gasteiger charge is -2.48. The highest BCUT2D eigenvalue weighted by Crippen LogP contribution is 2.57. The van der Waals surface area contributed by atoms with Gasteiger partial charge in [-0.2, -0.15) is 15.8 Å². The van der Waals surface area contributed by atoms with Crippen molar-refractivity contribution in [1.82, 2.24) is 0 Å². The minimum atomic E-state index is -1.76. The van der Waals surface area contributed by atoms with Crippen molar-refractivity contribution in [2.24, 2.45) is 28.6 Å². The van der Waals surface area contributed by atoms with E-state index < -0.39 is 23.1 Å². The van der Waals surface area contributed by atoms with Crippen molar-refractivity contribution in [3.63, 3.8) is 0 Å². The lowest BCUT2D eigenvalue weighted by atomic mass is 9.52. The van der Waals surface area contributed by atoms with E-state index in [0.717, 1.165) is 0 Å². The number of nitriles is 3. The normalized spacial score (nSPS) is 28.3. The third-order valence-corrected chi connectivity index (χ3v) is 7.01. The maximum Gasteiger partial charge on any atom is 0.203 e. The van der Waals surface area contributed by atoms with Crippen molar-refractivity contribution >= 4 is 21.6 Å². The minimum Gasteiger partial charge on any atom is -0.305 e. The molecule has 2 aliphatic rings. The number of benzene rings is 1. The molecular formula is C23H22BrFN4. The van der Waals surface area contributed by atoms with Gasteiger partial charge in [-0.15, -0.1) is 0 Å². The Balaban J connectivity index is 2.28. The van der Waals surface area contributed by atoms with Crippen LogP contribution in [-0.4, -0.2) is 5.71 Å². The van der Waals surface area contributed by atoms with Gasteiger partial charge in [-0.3, -0.25) is 0 Å². The predicted octanol–water partition coefficient (Wildman–Crippen LogP) is 5.88. The summed E-state index contributed by atoms with van der Waals surface area (Å²) in [7, 11) is 0. The molecule has 0 amide bonds. The highest BCUT2D eigenvalue weighted by Gasteiger charge is 2.57. The molecule has 0 aliphatic heterocycles. The van der Waals surface area contributed by atoms with E-state index >= 15 is 0 Å². The SMILES string of the molecule is CC(C)(C)C1CC=C2C(C1)C(c1cc(Br)ccc1F)C(C#N)C(=N)C2(C#N)C#N. The van der Waals surface area contributed by atoms with Crippen molar-refractivity contribution in [3.05, 3.63) is 45.7 Å². The monoisotopic (exact) mass is 452 g/mol. The van der Waals surface area contributed by atoms with Gasteiger partial charge in [0.05, 0.1) is 29.8 Å². The molecule has 0 saturated heterocycles. The van der Waals surface area contributed by atoms with Gasteiger partial charge >= 0.3 is 0 Å². The fraction of sp³-hybridized carbons (Fsp3) is 0.478. The number of hydrogen-bond donors (Lipinski definition) is 1. The van der Waals surface area contributed by atoms with Gasteiger partial charge in [-0.25, -0.2) is 4.39 Å². The molecule has 148 valence electrons. The molecule has 1 fully saturated rings. The van der Waals surface area contributed by atoms with Gasteiger partial charge in [0, 0.05) is 10.4 Å². The molecule has 1 aromatic rings. The molecule has 29 heavy (non-hydrogen) atoms. The topological polar surface area (TPSA) is 95.2 Å². The Morgan fingerprint density at radius 1 is 1.21 bits per heavy atom. The van der Waals surface area contributed by atoms with Crippen LogP contribution in [0.25, 0.3) is 0 Å². The highest BCUT2D eigenvalue weighted by atomic mass is 79.9. The number of hydrogen-bond acceptors (Lipinski definition) is 4. The third-order valence-electron chi connectivity index (χ3n) is 6.52. The van der Waals surface area contributed by atoms with E-state index in [-0.39, 0.29) is 23.0 Å². The fourth-order valence-electron chi connectivity index (χ4n) is 4.82. The summed E-state index contributed by atoms with van der Waals surface area (Å²) in [4.78, 5) is 0. The van der Waals surface area contributed by atoms with Crippen molar-refractivity contribution in [2.75, 3.05) is 0 Å². The van der Waals surface area contributed by atoms with E-state index in [2.05, 4.69) is 42.8 Å². The highest BCUT2D eigenvalue weighted by molar-refractivity contribution is 9.10. The molecule has 0 aromatic heterocycles. The number of fused-ring (bicyclic) bond motifs is 1. The molecule has 4 atom stereocenters. The van der Waals surface area contributed by atoms with Crippen LogP contribution in [0.4, 0.5) is 4.39 Å². The Bertz CT molecular complexity index is 1000. The van der Waals surface area contributed by atoms with E-state index in [1.165, 1.54) is 6.07 Å². The Kier molecular flexibility index (Phi) is 5.42. The summed E-state index contributed by atoms with van der Waals surface area (Å²) in [5.74, 6) is -2.19. The zero-order chi connectivity index (χ0) is 21.6. The predicted molar refractivity (Wildman–Crippen MR) is 111 cm³/mol. The van der Waals surface area contributed by atoms with Gasteiger partial charge in [0.25, 0.3) is 0 Å². The van der Waals surface area contributed by atoms with Gasteiger partial charge in [-0.05, 0) is 59.4 Å². The Morgan fingerprint density at radius 3 is 2.41 bits per heavy atom. The zero-order valence-electron chi connectivity index (χ0n) is 16.6. The first-order valence-corrected chi connectivity index (χ1v) is 10.4. The van der Waals surface area contributed by atoms with E-state index in [9.17, 15) is 20.2 Å². The molecule has 1 saturated carbocycles. The second kappa shape index (κ2) is 7.40. The molecule has 1 aromatic carbocycles. The summed E-state index contributed by atoms with van der Waals surface area (Å²) in [5.41, 5.74) is -1.11. The van der Waals surface area contributed by atoms with Crippen LogP contribution in [0, 0.1) is 73.8 Å². The molecule has 0 radical (unpaired) electrons. The van der Waals surface area contributed by atoms with Crippen molar-refractivity contribution in [3.8, 4) is 18.2 Å². The summed E-state index contributed by atoms with van der Waals surface area (Å²) in [6.07, 6.45) is 3.24. The fourth-order valence-corrected chi connectivity index (χ4v) is 5.19. The van der Waals surface area contributed by atoms with Crippen LogP contribution in [-0.2, 0) is 0 Å². The average molecular weight is 453 g/mol. The Hall–Kier alpha value is -2.49. The van der Waals surface area contributed by atoms with Gasteiger partial charge in [-0.1, -0.05) is 42.8 Å². The summed E-state index contributed by atoms with van der Waals surface area (Å²) >= 11 is 3.38. The second-order valence-electron chi connectivity index (χ2n) is 8.99. The van der Waals surface area contributed by atoms with Crippen LogP contribution in [0.1, 0.15) is 45.1 Å². The molecule has 4 nitrogen and oxygen atoms in total. The van der Waals surface area contributed by atoms with Gasteiger partial charge in [0.15, 0.2) is 0 Å². The number of nitrogens with zero attached hydrogens (tertiary/aromatic N) is 3. The summed E-state index contributed by atoms with van der Waals surface area (Å²) in [6.45, 7) is 6.42. The summed E-state index contributed by atoms with van der Waals surface area (Å²) in [6, 6.07) is 10.8. The first kappa shape index (κ1) is 21.2. The maximum atomic E-state index is 14.9. The Labute approximate surface area is 179 Å². The molecule has 0 bridgehead atoms. The van der Waals surface area contributed by atoms with Crippen LogP contribution in [0.3, 0.4) is 0 Å². The number of halogens is 2. The second-order valence-corrected chi connectivity index (χ2v) is 9.90. The van der Waals surface area contributed by atoms with Crippen molar-refractivity contribution < 1.29 is 4.39 Å². The first-order valence-electron chi connectivity index (χ1n) is 9.57. The van der Waals surface area contributed by atoms with Gasteiger partial charge in [0.2, 0.25) is 5.41 Å². The molecule has 4 unspecified atom stereocenters. The smallest absolute Gasteiger partial charge is 0.203 e. The molecule has 0 spiro atoms. The van der Waals surface area contributed by atoms with E-state index in [1.54, 1.807) is 12.1 Å². The quantitative estimate of drug-likeness (QED) is 0.538. The lowest BCUT2D eigenvalue weighted by molar-refractivity contribution is 0.170. The number of nitrogens with one attached hydrogen (secondary N) is 1. The summed E-state index contributed by atoms with van der Waals surface area (Å²) < 4.78 is 15.6. The number of rotatable bonds is 1. The van der Waals surface area contributed by atoms with Crippen LogP contribution in [0.15, 0.2) is 34.3 Å². The van der Waals surface area contributed by atoms with Crippen LogP contribution in [0.2, 0.25) is 0 Å². The zero-order valence-corrected chi connectivity index (χ0v) is 18.2. The van der Waals surface area contributed by atoms with E-state index in [4.69, 9.17) is 5.41 Å². The van der Waals surface area contributed by atoms with Gasteiger partial charge < -0.3 is 5.41 Å². The standard InChI is InChI=1S/C23H22BrFN4/c1-22(2,3)13-4-6-18-15(8-13)20(16-9-14(24)5-7-19(16)25)17(10-26)21(29)23(18,11-27)12-28/h5-7,9,13,15,17,20,29H,4,8H2,1-3H3. The molecule has 0 heterocycles. The molecule has 1 N–H and O–H groups in total. The molecule has 6 heteroatoms. The van der Waals surface area contributed by atoms with Crippen LogP contribution >= 0.6 is 15.9 Å². The first-order chi connectivity index (χ1) is 13.6. The van der Waals surface area contributed by atoms with E-state index in [1.807, 2.05) is 18.2 Å². The minimum absolute atomic E-state index is 0.0164. The van der Waals surface area contributed by atoms with Crippen LogP contribution in [0.5, 0.6) is 0 Å². The largest absolute Gasteiger partial charge is 0.305 e. The Morgan fingerprint density at radius 2 is 1.86 bits per heavy atom. The van der Waals surface area contributed by atoms with Gasteiger partial charge in [0.1, 0.15) is 5.82 Å². The number of allylic oxidation sites excluding steroid dienone is 2. The maximum absolute atomic E-state index is 14.9.